The molecule has 0 aliphatic carbocycles. The molecular formula is C15H15FN2O3. The van der Waals surface area contributed by atoms with Crippen molar-refractivity contribution in [2.24, 2.45) is 5.73 Å². The summed E-state index contributed by atoms with van der Waals surface area (Å²) in [4.78, 5) is 11.1. The van der Waals surface area contributed by atoms with Crippen LogP contribution in [0.15, 0.2) is 30.3 Å². The van der Waals surface area contributed by atoms with Crippen LogP contribution < -0.4 is 11.1 Å². The fourth-order valence-electron chi connectivity index (χ4n) is 1.92. The zero-order valence-corrected chi connectivity index (χ0v) is 11.4. The van der Waals surface area contributed by atoms with Gasteiger partial charge in [0.05, 0.1) is 0 Å². The Balaban J connectivity index is 2.27. The Hall–Kier alpha value is -2.76. The van der Waals surface area contributed by atoms with Crippen LogP contribution in [0.4, 0.5) is 10.1 Å². The van der Waals surface area contributed by atoms with Crippen LogP contribution in [-0.2, 0) is 6.54 Å². The van der Waals surface area contributed by atoms with Gasteiger partial charge in [-0.3, -0.25) is 4.79 Å². The molecule has 0 radical (unpaired) electrons. The van der Waals surface area contributed by atoms with Gasteiger partial charge in [0, 0.05) is 28.9 Å². The number of phenols is 2. The average Bonchev–Trinajstić information content (AvgIpc) is 2.44. The summed E-state index contributed by atoms with van der Waals surface area (Å²) < 4.78 is 13.7. The van der Waals surface area contributed by atoms with Gasteiger partial charge in [0.15, 0.2) is 11.5 Å². The minimum absolute atomic E-state index is 0.0562. The molecule has 0 saturated carbocycles. The standard InChI is InChI=1S/C15H15FN2O3/c1-8-11(16)5-10(15(17)21)6-12(8)18-7-9-3-2-4-13(19)14(9)20/h2-6,18-20H,7H2,1H3,(H2,17,21). The quantitative estimate of drug-likeness (QED) is 0.649. The van der Waals surface area contributed by atoms with Gasteiger partial charge in [-0.05, 0) is 25.1 Å². The number of hydrogen-bond acceptors (Lipinski definition) is 4. The number of amides is 1. The number of anilines is 1. The van der Waals surface area contributed by atoms with Crippen molar-refractivity contribution in [3.05, 3.63) is 52.8 Å². The second kappa shape index (κ2) is 5.70. The van der Waals surface area contributed by atoms with E-state index in [1.54, 1.807) is 19.1 Å². The van der Waals surface area contributed by atoms with Crippen LogP contribution in [0.5, 0.6) is 11.5 Å². The summed E-state index contributed by atoms with van der Waals surface area (Å²) in [7, 11) is 0. The molecule has 5 nitrogen and oxygen atoms in total. The molecule has 0 aliphatic heterocycles. The monoisotopic (exact) mass is 290 g/mol. The van der Waals surface area contributed by atoms with Crippen LogP contribution in [0.25, 0.3) is 0 Å². The predicted octanol–water partition coefficient (Wildman–Crippen LogP) is 2.26. The Morgan fingerprint density at radius 2 is 2.05 bits per heavy atom. The van der Waals surface area contributed by atoms with E-state index in [1.807, 2.05) is 0 Å². The highest BCUT2D eigenvalue weighted by Gasteiger charge is 2.11. The molecule has 0 fully saturated rings. The number of carbonyl (C=O) groups excluding carboxylic acids is 1. The number of rotatable bonds is 4. The first-order chi connectivity index (χ1) is 9.90. The summed E-state index contributed by atoms with van der Waals surface area (Å²) in [5.41, 5.74) is 6.37. The highest BCUT2D eigenvalue weighted by Crippen LogP contribution is 2.29. The van der Waals surface area contributed by atoms with E-state index in [1.165, 1.54) is 12.1 Å². The molecule has 2 rings (SSSR count). The predicted molar refractivity (Wildman–Crippen MR) is 76.8 cm³/mol. The third-order valence-electron chi connectivity index (χ3n) is 3.20. The first-order valence-corrected chi connectivity index (χ1v) is 6.23. The van der Waals surface area contributed by atoms with Crippen molar-refractivity contribution in [1.29, 1.82) is 0 Å². The van der Waals surface area contributed by atoms with Crippen LogP contribution >= 0.6 is 0 Å². The minimum Gasteiger partial charge on any atom is -0.504 e. The fraction of sp³-hybridized carbons (Fsp3) is 0.133. The molecule has 21 heavy (non-hydrogen) atoms. The van der Waals surface area contributed by atoms with E-state index in [0.717, 1.165) is 6.07 Å². The third kappa shape index (κ3) is 3.05. The van der Waals surface area contributed by atoms with Gasteiger partial charge >= 0.3 is 0 Å². The molecule has 2 aromatic rings. The molecule has 110 valence electrons. The molecule has 0 heterocycles. The van der Waals surface area contributed by atoms with Gasteiger partial charge in [0.1, 0.15) is 5.82 Å². The molecule has 0 aliphatic rings. The Kier molecular flexibility index (Phi) is 3.98. The smallest absolute Gasteiger partial charge is 0.248 e. The average molecular weight is 290 g/mol. The summed E-state index contributed by atoms with van der Waals surface area (Å²) in [6.45, 7) is 1.72. The number of phenolic OH excluding ortho intramolecular Hbond substituents is 2. The summed E-state index contributed by atoms with van der Waals surface area (Å²) in [6, 6.07) is 7.08. The maximum Gasteiger partial charge on any atom is 0.248 e. The second-order valence-electron chi connectivity index (χ2n) is 4.63. The molecule has 0 atom stereocenters. The second-order valence-corrected chi connectivity index (χ2v) is 4.63. The third-order valence-corrected chi connectivity index (χ3v) is 3.20. The lowest BCUT2D eigenvalue weighted by molar-refractivity contribution is 0.1000. The zero-order valence-electron chi connectivity index (χ0n) is 11.4. The lowest BCUT2D eigenvalue weighted by Crippen LogP contribution is -2.13. The molecule has 0 aromatic heterocycles. The van der Waals surface area contributed by atoms with Gasteiger partial charge in [-0.15, -0.1) is 0 Å². The van der Waals surface area contributed by atoms with Crippen LogP contribution in [0, 0.1) is 12.7 Å². The summed E-state index contributed by atoms with van der Waals surface area (Å²) >= 11 is 0. The van der Waals surface area contributed by atoms with Gasteiger partial charge < -0.3 is 21.3 Å². The SMILES string of the molecule is Cc1c(F)cc(C(N)=O)cc1NCc1cccc(O)c1O. The lowest BCUT2D eigenvalue weighted by atomic mass is 10.1. The van der Waals surface area contributed by atoms with Crippen molar-refractivity contribution in [3.8, 4) is 11.5 Å². The van der Waals surface area contributed by atoms with Crippen LogP contribution in [0.1, 0.15) is 21.5 Å². The van der Waals surface area contributed by atoms with E-state index < -0.39 is 11.7 Å². The number of carbonyl (C=O) groups is 1. The van der Waals surface area contributed by atoms with Gasteiger partial charge in [-0.1, -0.05) is 12.1 Å². The highest BCUT2D eigenvalue weighted by molar-refractivity contribution is 5.94. The molecule has 2 aromatic carbocycles. The molecule has 0 unspecified atom stereocenters. The van der Waals surface area contributed by atoms with Gasteiger partial charge in [0.2, 0.25) is 5.91 Å². The number of halogens is 1. The largest absolute Gasteiger partial charge is 0.504 e. The van der Waals surface area contributed by atoms with Crippen molar-refractivity contribution >= 4 is 11.6 Å². The normalized spacial score (nSPS) is 10.4. The molecule has 5 N–H and O–H groups in total. The van der Waals surface area contributed by atoms with Crippen molar-refractivity contribution in [2.45, 2.75) is 13.5 Å². The minimum atomic E-state index is -0.725. The number of aromatic hydroxyl groups is 2. The maximum absolute atomic E-state index is 13.7. The Morgan fingerprint density at radius 3 is 2.71 bits per heavy atom. The van der Waals surface area contributed by atoms with E-state index in [2.05, 4.69) is 5.32 Å². The summed E-state index contributed by atoms with van der Waals surface area (Å²) in [5.74, 6) is -1.75. The number of nitrogens with one attached hydrogen (secondary N) is 1. The highest BCUT2D eigenvalue weighted by atomic mass is 19.1. The number of para-hydroxylation sites is 1. The number of benzene rings is 2. The lowest BCUT2D eigenvalue weighted by Gasteiger charge is -2.13. The Labute approximate surface area is 120 Å². The van der Waals surface area contributed by atoms with Crippen LogP contribution in [0.3, 0.4) is 0 Å². The van der Waals surface area contributed by atoms with E-state index in [-0.39, 0.29) is 23.6 Å². The van der Waals surface area contributed by atoms with Gasteiger partial charge in [-0.2, -0.15) is 0 Å². The Bertz CT molecular complexity index is 702. The first-order valence-electron chi connectivity index (χ1n) is 6.23. The van der Waals surface area contributed by atoms with E-state index in [9.17, 15) is 19.4 Å². The molecular weight excluding hydrogens is 275 g/mol. The van der Waals surface area contributed by atoms with E-state index >= 15 is 0 Å². The van der Waals surface area contributed by atoms with E-state index in [0.29, 0.717) is 16.8 Å². The van der Waals surface area contributed by atoms with Gasteiger partial charge in [0.25, 0.3) is 0 Å². The van der Waals surface area contributed by atoms with Crippen molar-refractivity contribution in [1.82, 2.24) is 0 Å². The summed E-state index contributed by atoms with van der Waals surface area (Å²) in [5, 5.41) is 22.0. The van der Waals surface area contributed by atoms with Crippen LogP contribution in [0.2, 0.25) is 0 Å². The van der Waals surface area contributed by atoms with Crippen LogP contribution in [-0.4, -0.2) is 16.1 Å². The number of nitrogens with two attached hydrogens (primary N) is 1. The molecule has 1 amide bonds. The van der Waals surface area contributed by atoms with Gasteiger partial charge in [-0.25, -0.2) is 4.39 Å². The molecule has 6 heteroatoms. The zero-order chi connectivity index (χ0) is 15.6. The van der Waals surface area contributed by atoms with Crippen molar-refractivity contribution in [2.75, 3.05) is 5.32 Å². The molecule has 0 spiro atoms. The maximum atomic E-state index is 13.7. The van der Waals surface area contributed by atoms with E-state index in [4.69, 9.17) is 5.73 Å². The molecule has 0 bridgehead atoms. The Morgan fingerprint density at radius 1 is 1.33 bits per heavy atom. The topological polar surface area (TPSA) is 95.6 Å². The number of hydrogen-bond donors (Lipinski definition) is 4. The van der Waals surface area contributed by atoms with Crippen molar-refractivity contribution < 1.29 is 19.4 Å². The fourth-order valence-corrected chi connectivity index (χ4v) is 1.92. The van der Waals surface area contributed by atoms with Crippen molar-refractivity contribution in [3.63, 3.8) is 0 Å². The summed E-state index contributed by atoms with van der Waals surface area (Å²) in [6.07, 6.45) is 0. The number of primary amides is 1. The first kappa shape index (κ1) is 14.6. The molecule has 0 saturated heterocycles.